The molecule has 0 amide bonds. The normalized spacial score (nSPS) is 17.9. The molecule has 0 aliphatic carbocycles. The van der Waals surface area contributed by atoms with E-state index in [2.05, 4.69) is 17.4 Å². The Morgan fingerprint density at radius 3 is 2.47 bits per heavy atom. The molecule has 0 spiro atoms. The third-order valence-corrected chi connectivity index (χ3v) is 2.31. The standard InChI is InChI=1S/C9H17NO6S/c10-5(1-2-17)9(15)16-7(4-12)8(14)6(13)3-11/h4-8,11,13-14,17H,1-3,10H2/t5-,6+,7-,8+/m0/s1. The lowest BCUT2D eigenvalue weighted by Gasteiger charge is -2.22. The van der Waals surface area contributed by atoms with Gasteiger partial charge in [0.15, 0.2) is 12.4 Å². The van der Waals surface area contributed by atoms with Crippen LogP contribution in [0.2, 0.25) is 0 Å². The summed E-state index contributed by atoms with van der Waals surface area (Å²) >= 11 is 3.88. The summed E-state index contributed by atoms with van der Waals surface area (Å²) in [4.78, 5) is 21.9. The molecule has 0 heterocycles. The molecule has 0 fully saturated rings. The Bertz CT molecular complexity index is 252. The zero-order valence-electron chi connectivity index (χ0n) is 9.10. The van der Waals surface area contributed by atoms with E-state index in [0.717, 1.165) is 0 Å². The lowest BCUT2D eigenvalue weighted by Crippen LogP contribution is -2.45. The number of aldehydes is 1. The minimum absolute atomic E-state index is 0.162. The summed E-state index contributed by atoms with van der Waals surface area (Å²) in [5, 5.41) is 27.0. The molecule has 7 nitrogen and oxygen atoms in total. The quantitative estimate of drug-likeness (QED) is 0.186. The Morgan fingerprint density at radius 2 is 2.06 bits per heavy atom. The first-order chi connectivity index (χ1) is 7.97. The maximum Gasteiger partial charge on any atom is 0.323 e. The van der Waals surface area contributed by atoms with Crippen LogP contribution in [0.15, 0.2) is 0 Å². The van der Waals surface area contributed by atoms with Gasteiger partial charge in [-0.1, -0.05) is 0 Å². The largest absolute Gasteiger partial charge is 0.451 e. The highest BCUT2D eigenvalue weighted by molar-refractivity contribution is 7.80. The third-order valence-electron chi connectivity index (χ3n) is 2.05. The van der Waals surface area contributed by atoms with Gasteiger partial charge >= 0.3 is 5.97 Å². The Kier molecular flexibility index (Phi) is 8.09. The van der Waals surface area contributed by atoms with Gasteiger partial charge in [-0.25, -0.2) is 0 Å². The highest BCUT2D eigenvalue weighted by Gasteiger charge is 2.30. The zero-order chi connectivity index (χ0) is 13.4. The number of hydrogen-bond acceptors (Lipinski definition) is 8. The number of ether oxygens (including phenoxy) is 1. The van der Waals surface area contributed by atoms with Gasteiger partial charge in [0.2, 0.25) is 0 Å². The van der Waals surface area contributed by atoms with Crippen LogP contribution in [-0.2, 0) is 14.3 Å². The summed E-state index contributed by atoms with van der Waals surface area (Å²) in [5.74, 6) is -0.510. The lowest BCUT2D eigenvalue weighted by molar-refractivity contribution is -0.165. The average Bonchev–Trinajstić information content (AvgIpc) is 2.33. The fraction of sp³-hybridized carbons (Fsp3) is 0.778. The van der Waals surface area contributed by atoms with Crippen LogP contribution in [-0.4, -0.2) is 64.3 Å². The maximum absolute atomic E-state index is 11.3. The predicted molar refractivity (Wildman–Crippen MR) is 61.5 cm³/mol. The number of nitrogens with two attached hydrogens (primary N) is 1. The van der Waals surface area contributed by atoms with Crippen molar-refractivity contribution in [1.82, 2.24) is 0 Å². The molecule has 0 aliphatic rings. The zero-order valence-corrected chi connectivity index (χ0v) is 9.99. The second kappa shape index (κ2) is 8.43. The SMILES string of the molecule is N[C@@H](CCS)C(=O)O[C@@H](C=O)[C@H](O)[C@H](O)CO. The summed E-state index contributed by atoms with van der Waals surface area (Å²) in [5.41, 5.74) is 5.41. The van der Waals surface area contributed by atoms with Crippen molar-refractivity contribution in [2.75, 3.05) is 12.4 Å². The van der Waals surface area contributed by atoms with Gasteiger partial charge in [-0.15, -0.1) is 0 Å². The van der Waals surface area contributed by atoms with Crippen molar-refractivity contribution in [1.29, 1.82) is 0 Å². The van der Waals surface area contributed by atoms with E-state index in [1.807, 2.05) is 0 Å². The van der Waals surface area contributed by atoms with Crippen LogP contribution in [0.3, 0.4) is 0 Å². The van der Waals surface area contributed by atoms with Crippen molar-refractivity contribution < 1.29 is 29.6 Å². The van der Waals surface area contributed by atoms with E-state index >= 15 is 0 Å². The molecule has 5 N–H and O–H groups in total. The summed E-state index contributed by atoms with van der Waals surface area (Å²) < 4.78 is 4.61. The van der Waals surface area contributed by atoms with Crippen LogP contribution in [0.25, 0.3) is 0 Å². The average molecular weight is 267 g/mol. The van der Waals surface area contributed by atoms with Gasteiger partial charge in [0.1, 0.15) is 18.2 Å². The number of carbonyl (C=O) groups is 2. The number of aliphatic hydroxyl groups is 3. The summed E-state index contributed by atoms with van der Waals surface area (Å²) in [6, 6.07) is -0.951. The molecule has 0 aliphatic heterocycles. The van der Waals surface area contributed by atoms with E-state index in [0.29, 0.717) is 5.75 Å². The highest BCUT2D eigenvalue weighted by Crippen LogP contribution is 2.05. The van der Waals surface area contributed by atoms with Crippen LogP contribution in [0, 0.1) is 0 Å². The highest BCUT2D eigenvalue weighted by atomic mass is 32.1. The van der Waals surface area contributed by atoms with Gasteiger partial charge in [-0.05, 0) is 12.2 Å². The van der Waals surface area contributed by atoms with Crippen molar-refractivity contribution in [2.45, 2.75) is 30.8 Å². The van der Waals surface area contributed by atoms with E-state index in [-0.39, 0.29) is 12.7 Å². The topological polar surface area (TPSA) is 130 Å². The van der Waals surface area contributed by atoms with Crippen LogP contribution >= 0.6 is 12.6 Å². The van der Waals surface area contributed by atoms with Crippen LogP contribution in [0.5, 0.6) is 0 Å². The molecular weight excluding hydrogens is 250 g/mol. The third kappa shape index (κ3) is 5.46. The predicted octanol–water partition coefficient (Wildman–Crippen LogP) is -2.54. The van der Waals surface area contributed by atoms with E-state index in [9.17, 15) is 14.7 Å². The number of carbonyl (C=O) groups excluding carboxylic acids is 2. The van der Waals surface area contributed by atoms with Crippen molar-refractivity contribution in [2.24, 2.45) is 5.73 Å². The van der Waals surface area contributed by atoms with Gasteiger partial charge in [-0.3, -0.25) is 9.59 Å². The molecule has 0 aromatic heterocycles. The monoisotopic (exact) mass is 267 g/mol. The maximum atomic E-state index is 11.3. The van der Waals surface area contributed by atoms with E-state index in [1.165, 1.54) is 0 Å². The van der Waals surface area contributed by atoms with Gasteiger partial charge in [0.25, 0.3) is 0 Å². The van der Waals surface area contributed by atoms with Crippen LogP contribution in [0.4, 0.5) is 0 Å². The molecule has 0 rings (SSSR count). The number of esters is 1. The van der Waals surface area contributed by atoms with Crippen molar-refractivity contribution in [3.05, 3.63) is 0 Å². The minimum atomic E-state index is -1.69. The summed E-state index contributed by atoms with van der Waals surface area (Å²) in [6.07, 6.45) is -4.40. The number of aliphatic hydroxyl groups excluding tert-OH is 3. The first-order valence-electron chi connectivity index (χ1n) is 4.97. The fourth-order valence-electron chi connectivity index (χ4n) is 0.983. The van der Waals surface area contributed by atoms with Crippen LogP contribution in [0.1, 0.15) is 6.42 Å². The second-order valence-corrected chi connectivity index (χ2v) is 3.84. The number of rotatable bonds is 8. The van der Waals surface area contributed by atoms with Crippen molar-refractivity contribution in [3.63, 3.8) is 0 Å². The van der Waals surface area contributed by atoms with E-state index in [1.54, 1.807) is 0 Å². The van der Waals surface area contributed by atoms with Gasteiger partial charge < -0.3 is 25.8 Å². The Morgan fingerprint density at radius 1 is 1.47 bits per heavy atom. The van der Waals surface area contributed by atoms with Gasteiger partial charge in [-0.2, -0.15) is 12.6 Å². The molecule has 0 bridgehead atoms. The second-order valence-electron chi connectivity index (χ2n) is 3.40. The Hall–Kier alpha value is -0.670. The fourth-order valence-corrected chi connectivity index (χ4v) is 1.26. The summed E-state index contributed by atoms with van der Waals surface area (Å²) in [6.45, 7) is -0.758. The molecule has 0 radical (unpaired) electrons. The van der Waals surface area contributed by atoms with E-state index < -0.39 is 36.9 Å². The van der Waals surface area contributed by atoms with Crippen molar-refractivity contribution in [3.8, 4) is 0 Å². The Balaban J connectivity index is 4.39. The first-order valence-corrected chi connectivity index (χ1v) is 5.60. The molecule has 0 aromatic carbocycles. The number of thiol groups is 1. The molecule has 17 heavy (non-hydrogen) atoms. The first kappa shape index (κ1) is 16.3. The van der Waals surface area contributed by atoms with Crippen molar-refractivity contribution >= 4 is 24.9 Å². The minimum Gasteiger partial charge on any atom is -0.451 e. The molecule has 4 atom stereocenters. The van der Waals surface area contributed by atoms with Gasteiger partial charge in [0.05, 0.1) is 6.61 Å². The Labute approximate surface area is 104 Å². The van der Waals surface area contributed by atoms with Gasteiger partial charge in [0, 0.05) is 0 Å². The summed E-state index contributed by atoms with van der Waals surface area (Å²) in [7, 11) is 0. The lowest BCUT2D eigenvalue weighted by atomic mass is 10.1. The molecule has 100 valence electrons. The molecule has 0 aromatic rings. The molecule has 0 saturated carbocycles. The number of hydrogen-bond donors (Lipinski definition) is 5. The molecule has 8 heteroatoms. The molecular formula is C9H17NO6S. The van der Waals surface area contributed by atoms with Crippen LogP contribution < -0.4 is 5.73 Å². The smallest absolute Gasteiger partial charge is 0.323 e. The van der Waals surface area contributed by atoms with E-state index in [4.69, 9.17) is 15.9 Å². The molecule has 0 saturated heterocycles. The molecule has 0 unspecified atom stereocenters.